The standard InChI is InChI=1S/C36H51N5O6S/c1-23(2)20-29-34(44)39-30(21-25-13-15-26(47-5)16-14-25)36(46)40(4)24(3)33(43)37-17-9-19-41(18-8-12-32(42)38-29)35(45)28-22-48-31-11-7-6-10-27(28)31/h13-16,22-24,29-30H,6-12,17-21H2,1-5H3,(H,37,43)(H,38,42)(H,39,44)/t24-,29+,30-/m0/s1. The minimum Gasteiger partial charge on any atom is -0.497 e. The topological polar surface area (TPSA) is 137 Å². The third-order valence-corrected chi connectivity index (χ3v) is 10.3. The van der Waals surface area contributed by atoms with E-state index in [0.29, 0.717) is 44.6 Å². The molecule has 3 atom stereocenters. The summed E-state index contributed by atoms with van der Waals surface area (Å²) < 4.78 is 5.26. The molecular formula is C36H51N5O6S. The number of carbonyl (C=O) groups is 5. The van der Waals surface area contributed by atoms with E-state index in [4.69, 9.17) is 4.74 Å². The lowest BCUT2D eigenvalue weighted by molar-refractivity contribution is -0.141. The van der Waals surface area contributed by atoms with Crippen LogP contribution < -0.4 is 20.7 Å². The number of carbonyl (C=O) groups excluding carboxylic acids is 5. The maximum absolute atomic E-state index is 13.9. The molecule has 1 aliphatic heterocycles. The maximum Gasteiger partial charge on any atom is 0.254 e. The highest BCUT2D eigenvalue weighted by Crippen LogP contribution is 2.31. The lowest BCUT2D eigenvalue weighted by atomic mass is 9.95. The lowest BCUT2D eigenvalue weighted by Gasteiger charge is -2.30. The fraction of sp³-hybridized carbons (Fsp3) is 0.583. The van der Waals surface area contributed by atoms with Crippen LogP contribution in [0.2, 0.25) is 0 Å². The van der Waals surface area contributed by atoms with Gasteiger partial charge in [-0.1, -0.05) is 26.0 Å². The third kappa shape index (κ3) is 9.81. The number of nitrogens with one attached hydrogen (secondary N) is 3. The summed E-state index contributed by atoms with van der Waals surface area (Å²) in [6.07, 6.45) is 5.75. The number of fused-ring (bicyclic) bond motifs is 1. The predicted molar refractivity (Wildman–Crippen MR) is 186 cm³/mol. The number of nitrogens with zero attached hydrogens (tertiary/aromatic N) is 2. The number of rotatable bonds is 6. The first-order valence-electron chi connectivity index (χ1n) is 17.1. The van der Waals surface area contributed by atoms with E-state index in [1.165, 1.54) is 9.78 Å². The second kappa shape index (κ2) is 17.5. The van der Waals surface area contributed by atoms with E-state index >= 15 is 0 Å². The van der Waals surface area contributed by atoms with Crippen LogP contribution in [0.1, 0.15) is 85.7 Å². The number of benzene rings is 1. The molecule has 3 N–H and O–H groups in total. The van der Waals surface area contributed by atoms with Gasteiger partial charge in [0.25, 0.3) is 5.91 Å². The Balaban J connectivity index is 1.55. The summed E-state index contributed by atoms with van der Waals surface area (Å²) in [7, 11) is 3.12. The Morgan fingerprint density at radius 3 is 2.35 bits per heavy atom. The molecule has 2 aromatic rings. The van der Waals surface area contributed by atoms with Gasteiger partial charge in [-0.15, -0.1) is 11.3 Å². The zero-order valence-corrected chi connectivity index (χ0v) is 29.8. The van der Waals surface area contributed by atoms with Crippen LogP contribution in [0.3, 0.4) is 0 Å². The SMILES string of the molecule is COc1ccc(C[C@@H]2NC(=O)[C@@H](CC(C)C)NC(=O)CCCN(C(=O)c3csc4c3CCCC4)CCCNC(=O)[C@H](C)N(C)C2=O)cc1. The molecule has 1 aliphatic carbocycles. The molecule has 1 aromatic heterocycles. The van der Waals surface area contributed by atoms with Gasteiger partial charge >= 0.3 is 0 Å². The summed E-state index contributed by atoms with van der Waals surface area (Å²) in [5.41, 5.74) is 2.70. The third-order valence-electron chi connectivity index (χ3n) is 9.20. The van der Waals surface area contributed by atoms with E-state index in [-0.39, 0.29) is 36.5 Å². The zero-order chi connectivity index (χ0) is 34.8. The van der Waals surface area contributed by atoms with Crippen molar-refractivity contribution in [3.05, 3.63) is 51.2 Å². The Kier molecular flexibility index (Phi) is 13.4. The Morgan fingerprint density at radius 2 is 1.65 bits per heavy atom. The lowest BCUT2D eigenvalue weighted by Crippen LogP contribution is -2.57. The molecule has 262 valence electrons. The van der Waals surface area contributed by atoms with Gasteiger partial charge in [0.2, 0.25) is 23.6 Å². The normalized spacial score (nSPS) is 22.2. The molecule has 11 nitrogen and oxygen atoms in total. The summed E-state index contributed by atoms with van der Waals surface area (Å²) in [5, 5.41) is 10.7. The van der Waals surface area contributed by atoms with Crippen LogP contribution >= 0.6 is 11.3 Å². The van der Waals surface area contributed by atoms with E-state index in [1.54, 1.807) is 49.5 Å². The van der Waals surface area contributed by atoms with Crippen molar-refractivity contribution in [1.82, 2.24) is 25.8 Å². The van der Waals surface area contributed by atoms with Gasteiger partial charge in [0.05, 0.1) is 12.7 Å². The molecule has 1 fully saturated rings. The van der Waals surface area contributed by atoms with Crippen molar-refractivity contribution in [1.29, 1.82) is 0 Å². The molecule has 1 saturated heterocycles. The summed E-state index contributed by atoms with van der Waals surface area (Å²) in [5.74, 6) is -0.786. The molecule has 0 unspecified atom stereocenters. The number of hydrogen-bond acceptors (Lipinski definition) is 7. The van der Waals surface area contributed by atoms with Gasteiger partial charge in [-0.2, -0.15) is 0 Å². The quantitative estimate of drug-likeness (QED) is 0.427. The van der Waals surface area contributed by atoms with Crippen LogP contribution in [0.5, 0.6) is 5.75 Å². The zero-order valence-electron chi connectivity index (χ0n) is 28.9. The molecule has 5 amide bonds. The van der Waals surface area contributed by atoms with Crippen molar-refractivity contribution in [2.75, 3.05) is 33.8 Å². The van der Waals surface area contributed by atoms with Crippen molar-refractivity contribution < 1.29 is 28.7 Å². The van der Waals surface area contributed by atoms with Crippen molar-refractivity contribution in [2.45, 2.75) is 96.7 Å². The monoisotopic (exact) mass is 681 g/mol. The Hall–Kier alpha value is -3.93. The number of aryl methyl sites for hydroxylation is 1. The maximum atomic E-state index is 13.9. The molecule has 0 saturated carbocycles. The largest absolute Gasteiger partial charge is 0.497 e. The molecule has 1 aromatic carbocycles. The smallest absolute Gasteiger partial charge is 0.254 e. The van der Waals surface area contributed by atoms with Crippen LogP contribution in [-0.2, 0) is 38.4 Å². The number of amides is 5. The van der Waals surface area contributed by atoms with Gasteiger partial charge < -0.3 is 30.5 Å². The molecule has 0 bridgehead atoms. The first-order valence-corrected chi connectivity index (χ1v) is 18.0. The van der Waals surface area contributed by atoms with E-state index in [2.05, 4.69) is 16.0 Å². The van der Waals surface area contributed by atoms with Gasteiger partial charge in [-0.05, 0) is 81.0 Å². The van der Waals surface area contributed by atoms with Gasteiger partial charge in [-0.3, -0.25) is 24.0 Å². The second-order valence-corrected chi connectivity index (χ2v) is 14.3. The van der Waals surface area contributed by atoms with E-state index in [9.17, 15) is 24.0 Å². The Labute approximate surface area is 288 Å². The summed E-state index contributed by atoms with van der Waals surface area (Å²) in [6.45, 7) is 6.69. The number of likely N-dealkylation sites (N-methyl/N-ethyl adjacent to an activating group) is 1. The number of thiophene rings is 1. The summed E-state index contributed by atoms with van der Waals surface area (Å²) >= 11 is 1.64. The van der Waals surface area contributed by atoms with Crippen LogP contribution in [-0.4, -0.2) is 91.3 Å². The molecule has 2 aliphatic rings. The first-order chi connectivity index (χ1) is 23.0. The van der Waals surface area contributed by atoms with E-state index in [0.717, 1.165) is 42.4 Å². The highest BCUT2D eigenvalue weighted by Gasteiger charge is 2.33. The number of methoxy groups -OCH3 is 1. The molecule has 48 heavy (non-hydrogen) atoms. The van der Waals surface area contributed by atoms with Crippen molar-refractivity contribution >= 4 is 40.9 Å². The molecule has 0 radical (unpaired) electrons. The Bertz CT molecular complexity index is 1440. The summed E-state index contributed by atoms with van der Waals surface area (Å²) in [4.78, 5) is 72.2. The predicted octanol–water partition coefficient (Wildman–Crippen LogP) is 3.48. The fourth-order valence-corrected chi connectivity index (χ4v) is 7.39. The van der Waals surface area contributed by atoms with Gasteiger partial charge in [-0.25, -0.2) is 0 Å². The van der Waals surface area contributed by atoms with Crippen molar-refractivity contribution in [2.24, 2.45) is 5.92 Å². The summed E-state index contributed by atoms with van der Waals surface area (Å²) in [6, 6.07) is 4.58. The number of ether oxygens (including phenoxy) is 1. The Morgan fingerprint density at radius 1 is 0.938 bits per heavy atom. The minimum absolute atomic E-state index is 0.0470. The van der Waals surface area contributed by atoms with Gasteiger partial charge in [0.15, 0.2) is 0 Å². The molecular weight excluding hydrogens is 630 g/mol. The average Bonchev–Trinajstić information content (AvgIpc) is 3.51. The molecule has 4 rings (SSSR count). The molecule has 0 spiro atoms. The van der Waals surface area contributed by atoms with Crippen molar-refractivity contribution in [3.63, 3.8) is 0 Å². The van der Waals surface area contributed by atoms with Crippen molar-refractivity contribution in [3.8, 4) is 5.75 Å². The fourth-order valence-electron chi connectivity index (χ4n) is 6.27. The highest BCUT2D eigenvalue weighted by atomic mass is 32.1. The van der Waals surface area contributed by atoms with Gasteiger partial charge in [0.1, 0.15) is 23.9 Å². The highest BCUT2D eigenvalue weighted by molar-refractivity contribution is 7.10. The molecule has 12 heteroatoms. The number of hydrogen-bond donors (Lipinski definition) is 3. The van der Waals surface area contributed by atoms with E-state index in [1.807, 2.05) is 31.4 Å². The van der Waals surface area contributed by atoms with Gasteiger partial charge in [0, 0.05) is 49.8 Å². The van der Waals surface area contributed by atoms with E-state index < -0.39 is 29.9 Å². The molecule has 2 heterocycles. The van der Waals surface area contributed by atoms with Crippen LogP contribution in [0.25, 0.3) is 0 Å². The van der Waals surface area contributed by atoms with Crippen LogP contribution in [0.4, 0.5) is 0 Å². The second-order valence-electron chi connectivity index (χ2n) is 13.3. The van der Waals surface area contributed by atoms with Crippen LogP contribution in [0.15, 0.2) is 29.6 Å². The van der Waals surface area contributed by atoms with Crippen LogP contribution in [0, 0.1) is 5.92 Å². The minimum atomic E-state index is -0.973. The first kappa shape index (κ1) is 36.9. The average molecular weight is 682 g/mol.